The van der Waals surface area contributed by atoms with Crippen molar-refractivity contribution < 1.29 is 14.6 Å². The van der Waals surface area contributed by atoms with E-state index in [4.69, 9.17) is 4.74 Å². The number of hydrogen-bond donors (Lipinski definition) is 1. The highest BCUT2D eigenvalue weighted by Crippen LogP contribution is 2.30. The zero-order valence-corrected chi connectivity index (χ0v) is 12.2. The van der Waals surface area contributed by atoms with Crippen molar-refractivity contribution in [2.45, 2.75) is 26.3 Å². The fourth-order valence-electron chi connectivity index (χ4n) is 2.54. The molecule has 1 fully saturated rings. The minimum absolute atomic E-state index is 0.308. The van der Waals surface area contributed by atoms with E-state index in [0.29, 0.717) is 32.7 Å². The van der Waals surface area contributed by atoms with Gasteiger partial charge in [-0.1, -0.05) is 0 Å². The second-order valence-corrected chi connectivity index (χ2v) is 6.33. The molecule has 0 aromatic carbocycles. The maximum Gasteiger partial charge on any atom is 0.313 e. The van der Waals surface area contributed by atoms with E-state index in [9.17, 15) is 9.90 Å². The Bertz CT molecular complexity index is 441. The number of carbonyl (C=O) groups is 1. The van der Waals surface area contributed by atoms with Gasteiger partial charge < -0.3 is 9.84 Å². The molecule has 1 atom stereocenters. The van der Waals surface area contributed by atoms with E-state index in [1.165, 1.54) is 0 Å². The first-order valence-corrected chi connectivity index (χ1v) is 7.30. The molecule has 0 saturated carbocycles. The van der Waals surface area contributed by atoms with Gasteiger partial charge in [-0.15, -0.1) is 11.3 Å². The van der Waals surface area contributed by atoms with Gasteiger partial charge in [0.25, 0.3) is 0 Å². The van der Waals surface area contributed by atoms with E-state index in [1.807, 2.05) is 24.3 Å². The van der Waals surface area contributed by atoms with Crippen molar-refractivity contribution in [2.75, 3.05) is 26.8 Å². The number of carboxylic acids is 1. The van der Waals surface area contributed by atoms with E-state index in [-0.39, 0.29) is 0 Å². The molecule has 1 saturated heterocycles. The lowest BCUT2D eigenvalue weighted by Gasteiger charge is -2.36. The number of thiazole rings is 1. The first kappa shape index (κ1) is 14.4. The Balaban J connectivity index is 1.98. The number of rotatable bonds is 5. The number of ether oxygens (including phenoxy) is 1. The van der Waals surface area contributed by atoms with Crippen LogP contribution in [0.25, 0.3) is 0 Å². The van der Waals surface area contributed by atoms with Gasteiger partial charge in [-0.25, -0.2) is 4.98 Å². The summed E-state index contributed by atoms with van der Waals surface area (Å²) in [5, 5.41) is 12.6. The first-order valence-electron chi connectivity index (χ1n) is 6.42. The van der Waals surface area contributed by atoms with E-state index in [1.54, 1.807) is 11.3 Å². The van der Waals surface area contributed by atoms with Gasteiger partial charge in [-0.3, -0.25) is 9.69 Å². The quantitative estimate of drug-likeness (QED) is 0.892. The van der Waals surface area contributed by atoms with Crippen LogP contribution in [0.15, 0.2) is 5.38 Å². The minimum atomic E-state index is -0.766. The molecular weight excluding hydrogens is 264 g/mol. The molecule has 0 spiro atoms. The monoisotopic (exact) mass is 284 g/mol. The predicted octanol–water partition coefficient (Wildman–Crippen LogP) is 1.76. The highest BCUT2D eigenvalue weighted by atomic mass is 32.1. The summed E-state index contributed by atoms with van der Waals surface area (Å²) in [6, 6.07) is 0. The Labute approximate surface area is 117 Å². The Morgan fingerprint density at radius 2 is 2.47 bits per heavy atom. The van der Waals surface area contributed by atoms with Crippen molar-refractivity contribution >= 4 is 17.3 Å². The molecule has 19 heavy (non-hydrogen) atoms. The summed E-state index contributed by atoms with van der Waals surface area (Å²) >= 11 is 1.62. The largest absolute Gasteiger partial charge is 0.481 e. The summed E-state index contributed by atoms with van der Waals surface area (Å²) in [5.41, 5.74) is 0.236. The highest BCUT2D eigenvalue weighted by molar-refractivity contribution is 7.09. The zero-order valence-electron chi connectivity index (χ0n) is 11.4. The summed E-state index contributed by atoms with van der Waals surface area (Å²) in [5.74, 6) is -0.756. The summed E-state index contributed by atoms with van der Waals surface area (Å²) in [7, 11) is 1.94. The van der Waals surface area contributed by atoms with Crippen molar-refractivity contribution in [2.24, 2.45) is 5.41 Å². The van der Waals surface area contributed by atoms with Crippen LogP contribution < -0.4 is 0 Å². The molecule has 1 aliphatic heterocycles. The average Bonchev–Trinajstić information content (AvgIpc) is 2.75. The highest BCUT2D eigenvalue weighted by Gasteiger charge is 2.41. The van der Waals surface area contributed by atoms with Crippen LogP contribution >= 0.6 is 11.3 Å². The van der Waals surface area contributed by atoms with E-state index < -0.39 is 11.4 Å². The molecule has 1 aromatic heterocycles. The smallest absolute Gasteiger partial charge is 0.313 e. The Kier molecular flexibility index (Phi) is 4.54. The van der Waals surface area contributed by atoms with Crippen LogP contribution in [0, 0.1) is 12.3 Å². The molecule has 5 nitrogen and oxygen atoms in total. The number of aromatic nitrogens is 1. The average molecular weight is 284 g/mol. The van der Waals surface area contributed by atoms with Gasteiger partial charge in [0.15, 0.2) is 0 Å². The number of aryl methyl sites for hydroxylation is 1. The van der Waals surface area contributed by atoms with Crippen molar-refractivity contribution in [3.8, 4) is 0 Å². The van der Waals surface area contributed by atoms with Crippen LogP contribution in [0.2, 0.25) is 0 Å². The standard InChI is InChI=1S/C13H20N2O3S/c1-10-14-11(7-19-10)6-15(2)8-13(12(16)17)4-3-5-18-9-13/h7H,3-6,8-9H2,1-2H3,(H,16,17). The Morgan fingerprint density at radius 3 is 3.00 bits per heavy atom. The van der Waals surface area contributed by atoms with Crippen molar-refractivity contribution in [1.29, 1.82) is 0 Å². The number of carboxylic acid groups (broad SMARTS) is 1. The third kappa shape index (κ3) is 3.52. The van der Waals surface area contributed by atoms with Gasteiger partial charge in [0.05, 0.1) is 17.3 Å². The lowest BCUT2D eigenvalue weighted by atomic mass is 9.82. The van der Waals surface area contributed by atoms with Crippen LogP contribution in [0.3, 0.4) is 0 Å². The normalized spacial score (nSPS) is 23.7. The number of hydrogen-bond acceptors (Lipinski definition) is 5. The molecule has 2 heterocycles. The molecule has 106 valence electrons. The lowest BCUT2D eigenvalue weighted by Crippen LogP contribution is -2.47. The minimum Gasteiger partial charge on any atom is -0.481 e. The first-order chi connectivity index (χ1) is 9.02. The molecule has 1 aliphatic rings. The Morgan fingerprint density at radius 1 is 1.68 bits per heavy atom. The molecular formula is C13H20N2O3S. The van der Waals surface area contributed by atoms with Crippen molar-refractivity contribution in [3.05, 3.63) is 16.1 Å². The van der Waals surface area contributed by atoms with Crippen molar-refractivity contribution in [1.82, 2.24) is 9.88 Å². The van der Waals surface area contributed by atoms with Crippen LogP contribution in [0.1, 0.15) is 23.5 Å². The second kappa shape index (κ2) is 5.98. The number of aliphatic carboxylic acids is 1. The van der Waals surface area contributed by atoms with Crippen molar-refractivity contribution in [3.63, 3.8) is 0 Å². The van der Waals surface area contributed by atoms with E-state index in [0.717, 1.165) is 17.1 Å². The van der Waals surface area contributed by atoms with Gasteiger partial charge in [0.2, 0.25) is 0 Å². The van der Waals surface area contributed by atoms with Crippen LogP contribution in [-0.2, 0) is 16.1 Å². The van der Waals surface area contributed by atoms with Gasteiger partial charge in [0.1, 0.15) is 5.41 Å². The number of nitrogens with zero attached hydrogens (tertiary/aromatic N) is 2. The van der Waals surface area contributed by atoms with Crippen LogP contribution in [0.4, 0.5) is 0 Å². The molecule has 0 bridgehead atoms. The fourth-order valence-corrected chi connectivity index (χ4v) is 3.15. The summed E-state index contributed by atoms with van der Waals surface area (Å²) in [6.07, 6.45) is 1.50. The SMILES string of the molecule is Cc1nc(CN(C)CC2(C(=O)O)CCCOC2)cs1. The maximum absolute atomic E-state index is 11.5. The topological polar surface area (TPSA) is 62.7 Å². The molecule has 0 radical (unpaired) electrons. The molecule has 0 aliphatic carbocycles. The third-order valence-electron chi connectivity index (χ3n) is 3.45. The molecule has 0 amide bonds. The molecule has 2 rings (SSSR count). The zero-order chi connectivity index (χ0) is 13.9. The van der Waals surface area contributed by atoms with Gasteiger partial charge >= 0.3 is 5.97 Å². The van der Waals surface area contributed by atoms with Crippen LogP contribution in [0.5, 0.6) is 0 Å². The van der Waals surface area contributed by atoms with Gasteiger partial charge in [-0.2, -0.15) is 0 Å². The van der Waals surface area contributed by atoms with E-state index in [2.05, 4.69) is 4.98 Å². The summed E-state index contributed by atoms with van der Waals surface area (Å²) in [6.45, 7) is 4.13. The van der Waals surface area contributed by atoms with Gasteiger partial charge in [0, 0.05) is 25.1 Å². The Hall–Kier alpha value is -0.980. The van der Waals surface area contributed by atoms with Crippen LogP contribution in [-0.4, -0.2) is 47.8 Å². The van der Waals surface area contributed by atoms with Gasteiger partial charge in [-0.05, 0) is 26.8 Å². The van der Waals surface area contributed by atoms with E-state index >= 15 is 0 Å². The maximum atomic E-state index is 11.5. The molecule has 1 unspecified atom stereocenters. The lowest BCUT2D eigenvalue weighted by molar-refractivity contribution is -0.159. The molecule has 1 N–H and O–H groups in total. The summed E-state index contributed by atoms with van der Waals surface area (Å²) < 4.78 is 5.38. The molecule has 1 aromatic rings. The summed E-state index contributed by atoms with van der Waals surface area (Å²) in [4.78, 5) is 18.0. The predicted molar refractivity (Wildman–Crippen MR) is 73.3 cm³/mol. The molecule has 6 heteroatoms. The second-order valence-electron chi connectivity index (χ2n) is 5.27. The fraction of sp³-hybridized carbons (Fsp3) is 0.692. The third-order valence-corrected chi connectivity index (χ3v) is 4.27.